The molecule has 5 rings (SSSR count). The second kappa shape index (κ2) is 11.0. The van der Waals surface area contributed by atoms with Gasteiger partial charge in [-0.15, -0.1) is 0 Å². The fourth-order valence-electron chi connectivity index (χ4n) is 4.21. The van der Waals surface area contributed by atoms with Crippen LogP contribution in [0.4, 0.5) is 11.6 Å². The second-order valence-corrected chi connectivity index (χ2v) is 8.55. The summed E-state index contributed by atoms with van der Waals surface area (Å²) >= 11 is 0. The van der Waals surface area contributed by atoms with E-state index in [1.807, 2.05) is 54.6 Å². The average molecular weight is 471 g/mol. The summed E-state index contributed by atoms with van der Waals surface area (Å²) in [7, 11) is 1.65. The number of hydrogen-bond donors (Lipinski definition) is 2. The molecule has 0 atom stereocenters. The lowest BCUT2D eigenvalue weighted by molar-refractivity contribution is 0.263. The van der Waals surface area contributed by atoms with Crippen LogP contribution in [0.25, 0.3) is 22.8 Å². The third-order valence-corrected chi connectivity index (χ3v) is 6.03. The Labute approximate surface area is 205 Å². The van der Waals surface area contributed by atoms with Gasteiger partial charge in [0, 0.05) is 30.1 Å². The Morgan fingerprint density at radius 3 is 2.74 bits per heavy atom. The maximum atomic E-state index is 5.97. The fourth-order valence-corrected chi connectivity index (χ4v) is 4.21. The first kappa shape index (κ1) is 22.9. The van der Waals surface area contributed by atoms with Crippen molar-refractivity contribution < 1.29 is 9.47 Å². The molecule has 35 heavy (non-hydrogen) atoms. The smallest absolute Gasteiger partial charge is 0.227 e. The highest BCUT2D eigenvalue weighted by Gasteiger charge is 2.11. The Morgan fingerprint density at radius 1 is 1.00 bits per heavy atom. The number of anilines is 2. The van der Waals surface area contributed by atoms with Crippen LogP contribution in [-0.4, -0.2) is 58.2 Å². The number of imidazole rings is 1. The van der Waals surface area contributed by atoms with Crippen LogP contribution in [0.1, 0.15) is 19.3 Å². The number of hydrogen-bond acceptors (Lipinski definition) is 7. The van der Waals surface area contributed by atoms with E-state index in [0.717, 1.165) is 52.9 Å². The lowest BCUT2D eigenvalue weighted by Gasteiger charge is -2.14. The standard InChI is InChI=1S/C27H30N6O2/c1-34-22-9-4-7-20(17-22)26-29-19-25(31-26)24-11-12-28-27(32-24)30-21-8-5-10-23(18-21)35-16-6-15-33-13-2-3-14-33/h4-5,7-12,17-19H,2-3,6,13-16H2,1H3,(H,29,31)(H,28,30,32). The first-order chi connectivity index (χ1) is 17.3. The molecule has 1 aliphatic rings. The number of benzene rings is 2. The fraction of sp³-hybridized carbons (Fsp3) is 0.296. The monoisotopic (exact) mass is 470 g/mol. The van der Waals surface area contributed by atoms with E-state index in [1.165, 1.54) is 25.9 Å². The number of rotatable bonds is 10. The normalized spacial score (nSPS) is 13.6. The molecule has 1 aliphatic heterocycles. The maximum absolute atomic E-state index is 5.97. The molecule has 2 aromatic heterocycles. The van der Waals surface area contributed by atoms with Gasteiger partial charge in [0.1, 0.15) is 17.3 Å². The second-order valence-electron chi connectivity index (χ2n) is 8.55. The summed E-state index contributed by atoms with van der Waals surface area (Å²) in [6, 6.07) is 17.5. The van der Waals surface area contributed by atoms with Crippen LogP contribution in [0.5, 0.6) is 11.5 Å². The molecule has 2 aromatic carbocycles. The molecule has 2 N–H and O–H groups in total. The molecule has 180 valence electrons. The number of aromatic amines is 1. The Kier molecular flexibility index (Phi) is 7.19. The molecular formula is C27H30N6O2. The van der Waals surface area contributed by atoms with E-state index in [1.54, 1.807) is 19.5 Å². The van der Waals surface area contributed by atoms with Gasteiger partial charge in [0.05, 0.1) is 31.3 Å². The van der Waals surface area contributed by atoms with Gasteiger partial charge in [0.25, 0.3) is 0 Å². The number of H-pyrrole nitrogens is 1. The molecule has 1 fully saturated rings. The third-order valence-electron chi connectivity index (χ3n) is 6.03. The van der Waals surface area contributed by atoms with Crippen LogP contribution in [0, 0.1) is 0 Å². The van der Waals surface area contributed by atoms with Crippen molar-refractivity contribution in [2.75, 3.05) is 38.7 Å². The Balaban J connectivity index is 1.22. The van der Waals surface area contributed by atoms with Gasteiger partial charge in [-0.3, -0.25) is 0 Å². The van der Waals surface area contributed by atoms with E-state index in [4.69, 9.17) is 9.47 Å². The van der Waals surface area contributed by atoms with Gasteiger partial charge >= 0.3 is 0 Å². The first-order valence-electron chi connectivity index (χ1n) is 12.0. The topological polar surface area (TPSA) is 88.2 Å². The summed E-state index contributed by atoms with van der Waals surface area (Å²) in [5.74, 6) is 2.88. The SMILES string of the molecule is COc1cccc(-c2ncc(-c3ccnc(Nc4cccc(OCCCN5CCCC5)c4)n3)[nH]2)c1. The van der Waals surface area contributed by atoms with Crippen LogP contribution >= 0.6 is 0 Å². The van der Waals surface area contributed by atoms with E-state index in [2.05, 4.69) is 30.2 Å². The zero-order valence-electron chi connectivity index (χ0n) is 19.9. The summed E-state index contributed by atoms with van der Waals surface area (Å²) in [5, 5.41) is 3.28. The lowest BCUT2D eigenvalue weighted by atomic mass is 10.2. The summed E-state index contributed by atoms with van der Waals surface area (Å²) in [4.78, 5) is 19.4. The van der Waals surface area contributed by atoms with Crippen molar-refractivity contribution in [3.63, 3.8) is 0 Å². The average Bonchev–Trinajstić information content (AvgIpc) is 3.60. The van der Waals surface area contributed by atoms with Gasteiger partial charge in [-0.1, -0.05) is 18.2 Å². The van der Waals surface area contributed by atoms with Gasteiger partial charge in [-0.2, -0.15) is 0 Å². The largest absolute Gasteiger partial charge is 0.497 e. The molecule has 8 nitrogen and oxygen atoms in total. The predicted molar refractivity (Wildman–Crippen MR) is 137 cm³/mol. The van der Waals surface area contributed by atoms with Crippen molar-refractivity contribution >= 4 is 11.6 Å². The summed E-state index contributed by atoms with van der Waals surface area (Å²) < 4.78 is 11.3. The van der Waals surface area contributed by atoms with E-state index in [9.17, 15) is 0 Å². The number of likely N-dealkylation sites (tertiary alicyclic amines) is 1. The number of aromatic nitrogens is 4. The van der Waals surface area contributed by atoms with Crippen molar-refractivity contribution in [1.82, 2.24) is 24.8 Å². The van der Waals surface area contributed by atoms with Crippen LogP contribution in [-0.2, 0) is 0 Å². The molecule has 3 heterocycles. The van der Waals surface area contributed by atoms with Crippen LogP contribution < -0.4 is 14.8 Å². The molecule has 0 amide bonds. The molecule has 8 heteroatoms. The van der Waals surface area contributed by atoms with Gasteiger partial charge < -0.3 is 24.7 Å². The highest BCUT2D eigenvalue weighted by Crippen LogP contribution is 2.25. The van der Waals surface area contributed by atoms with Crippen LogP contribution in [0.3, 0.4) is 0 Å². The Morgan fingerprint density at radius 2 is 1.86 bits per heavy atom. The minimum absolute atomic E-state index is 0.506. The van der Waals surface area contributed by atoms with Crippen molar-refractivity contribution in [2.45, 2.75) is 19.3 Å². The van der Waals surface area contributed by atoms with Gasteiger partial charge in [-0.05, 0) is 62.7 Å². The zero-order valence-corrected chi connectivity index (χ0v) is 19.9. The maximum Gasteiger partial charge on any atom is 0.227 e. The number of nitrogens with zero attached hydrogens (tertiary/aromatic N) is 4. The molecule has 0 saturated carbocycles. The molecule has 0 bridgehead atoms. The minimum atomic E-state index is 0.506. The Hall–Kier alpha value is -3.91. The zero-order chi connectivity index (χ0) is 23.9. The van der Waals surface area contributed by atoms with Crippen molar-refractivity contribution in [3.8, 4) is 34.3 Å². The predicted octanol–water partition coefficient (Wildman–Crippen LogP) is 5.15. The van der Waals surface area contributed by atoms with Crippen molar-refractivity contribution in [3.05, 3.63) is 67.0 Å². The summed E-state index contributed by atoms with van der Waals surface area (Å²) in [5.41, 5.74) is 3.38. The lowest BCUT2D eigenvalue weighted by Crippen LogP contribution is -2.21. The highest BCUT2D eigenvalue weighted by atomic mass is 16.5. The number of ether oxygens (including phenoxy) is 2. The quantitative estimate of drug-likeness (QED) is 0.310. The van der Waals surface area contributed by atoms with Gasteiger partial charge in [0.15, 0.2) is 0 Å². The molecule has 0 aliphatic carbocycles. The van der Waals surface area contributed by atoms with Crippen molar-refractivity contribution in [1.29, 1.82) is 0 Å². The number of nitrogens with one attached hydrogen (secondary N) is 2. The third kappa shape index (κ3) is 5.96. The summed E-state index contributed by atoms with van der Waals surface area (Å²) in [6.07, 6.45) is 7.18. The Bertz CT molecular complexity index is 1250. The molecule has 0 radical (unpaired) electrons. The molecule has 1 saturated heterocycles. The van der Waals surface area contributed by atoms with E-state index in [-0.39, 0.29) is 0 Å². The minimum Gasteiger partial charge on any atom is -0.497 e. The van der Waals surface area contributed by atoms with E-state index >= 15 is 0 Å². The molecular weight excluding hydrogens is 440 g/mol. The molecule has 0 spiro atoms. The highest BCUT2D eigenvalue weighted by molar-refractivity contribution is 5.64. The van der Waals surface area contributed by atoms with Crippen LogP contribution in [0.15, 0.2) is 67.0 Å². The molecule has 0 unspecified atom stereocenters. The molecule has 4 aromatic rings. The summed E-state index contributed by atoms with van der Waals surface area (Å²) in [6.45, 7) is 4.26. The number of methoxy groups -OCH3 is 1. The van der Waals surface area contributed by atoms with Gasteiger partial charge in [-0.25, -0.2) is 15.0 Å². The van der Waals surface area contributed by atoms with Gasteiger partial charge in [0.2, 0.25) is 5.95 Å². The van der Waals surface area contributed by atoms with E-state index in [0.29, 0.717) is 12.6 Å². The van der Waals surface area contributed by atoms with E-state index < -0.39 is 0 Å². The van der Waals surface area contributed by atoms with Crippen LogP contribution in [0.2, 0.25) is 0 Å². The first-order valence-corrected chi connectivity index (χ1v) is 12.0. The van der Waals surface area contributed by atoms with Crippen molar-refractivity contribution in [2.24, 2.45) is 0 Å².